The third-order valence-corrected chi connectivity index (χ3v) is 4.25. The van der Waals surface area contributed by atoms with E-state index in [1.807, 2.05) is 13.8 Å². The van der Waals surface area contributed by atoms with Crippen molar-refractivity contribution in [1.29, 1.82) is 0 Å². The van der Waals surface area contributed by atoms with E-state index in [0.717, 1.165) is 35.2 Å². The van der Waals surface area contributed by atoms with Crippen LogP contribution in [0.5, 0.6) is 0 Å². The third kappa shape index (κ3) is 5.25. The Balaban J connectivity index is 2.08. The fourth-order valence-electron chi connectivity index (χ4n) is 1.21. The fraction of sp³-hybridized carbons (Fsp3) is 0.800. The molecule has 0 aromatic carbocycles. The van der Waals surface area contributed by atoms with Gasteiger partial charge in [-0.05, 0) is 38.2 Å². The van der Waals surface area contributed by atoms with Crippen molar-refractivity contribution in [2.24, 2.45) is 5.73 Å². The number of rotatable bonds is 7. The lowest BCUT2D eigenvalue weighted by Gasteiger charge is -2.20. The molecule has 3 N–H and O–H groups in total. The first-order valence-corrected chi connectivity index (χ1v) is 7.12. The molecule has 1 aromatic heterocycles. The largest absolute Gasteiger partial charge is 0.394 e. The maximum Gasteiger partial charge on any atom is 0.170 e. The smallest absolute Gasteiger partial charge is 0.170 e. The zero-order valence-corrected chi connectivity index (χ0v) is 11.4. The summed E-state index contributed by atoms with van der Waals surface area (Å²) in [5.41, 5.74) is 5.41. The van der Waals surface area contributed by atoms with Crippen LogP contribution in [0.2, 0.25) is 0 Å². The molecule has 0 bridgehead atoms. The number of nitrogens with zero attached hydrogens (tertiary/aromatic N) is 2. The molecule has 92 valence electrons. The molecule has 1 aromatic rings. The van der Waals surface area contributed by atoms with Gasteiger partial charge < -0.3 is 10.8 Å². The average molecular weight is 261 g/mol. The van der Waals surface area contributed by atoms with Gasteiger partial charge in [0.2, 0.25) is 0 Å². The number of aliphatic hydroxyl groups excluding tert-OH is 1. The maximum atomic E-state index is 8.98. The highest BCUT2D eigenvalue weighted by atomic mass is 32.2. The van der Waals surface area contributed by atoms with E-state index in [1.165, 1.54) is 11.5 Å². The van der Waals surface area contributed by atoms with E-state index < -0.39 is 5.54 Å². The molecule has 0 fully saturated rings. The van der Waals surface area contributed by atoms with Crippen LogP contribution < -0.4 is 5.73 Å². The lowest BCUT2D eigenvalue weighted by molar-refractivity contribution is 0.198. The van der Waals surface area contributed by atoms with E-state index in [1.54, 1.807) is 11.8 Å². The monoisotopic (exact) mass is 261 g/mol. The number of thioether (sulfide) groups is 1. The molecule has 1 unspecified atom stereocenters. The molecule has 0 aliphatic heterocycles. The Morgan fingerprint density at radius 3 is 2.81 bits per heavy atom. The van der Waals surface area contributed by atoms with Crippen molar-refractivity contribution in [3.8, 4) is 0 Å². The summed E-state index contributed by atoms with van der Waals surface area (Å²) < 4.78 is 5.16. The predicted octanol–water partition coefficient (Wildman–Crippen LogP) is 1.82. The van der Waals surface area contributed by atoms with E-state index in [0.29, 0.717) is 0 Å². The van der Waals surface area contributed by atoms with Gasteiger partial charge in [0.15, 0.2) is 4.34 Å². The molecule has 1 heterocycles. The second-order valence-electron chi connectivity index (χ2n) is 4.23. The van der Waals surface area contributed by atoms with Gasteiger partial charge in [-0.25, -0.2) is 4.98 Å². The Labute approximate surface area is 105 Å². The summed E-state index contributed by atoms with van der Waals surface area (Å²) in [6.45, 7) is 3.84. The van der Waals surface area contributed by atoms with Gasteiger partial charge in [0.25, 0.3) is 0 Å². The van der Waals surface area contributed by atoms with Crippen LogP contribution in [0, 0.1) is 6.92 Å². The summed E-state index contributed by atoms with van der Waals surface area (Å²) in [6, 6.07) is 0. The summed E-state index contributed by atoms with van der Waals surface area (Å²) in [7, 11) is 0. The number of aromatic nitrogens is 2. The molecule has 0 aliphatic carbocycles. The highest BCUT2D eigenvalue weighted by Gasteiger charge is 2.15. The van der Waals surface area contributed by atoms with Crippen LogP contribution in [0.4, 0.5) is 0 Å². The molecule has 0 aliphatic rings. The normalized spacial score (nSPS) is 15.0. The van der Waals surface area contributed by atoms with Crippen LogP contribution in [-0.4, -0.2) is 32.4 Å². The molecule has 0 amide bonds. The molecule has 0 saturated heterocycles. The number of hydrogen-bond acceptors (Lipinski definition) is 6. The molecule has 4 nitrogen and oxygen atoms in total. The number of hydrogen-bond donors (Lipinski definition) is 2. The Hall–Kier alpha value is -0.170. The van der Waals surface area contributed by atoms with Crippen LogP contribution in [0.3, 0.4) is 0 Å². The number of unbranched alkanes of at least 4 members (excludes halogenated alkanes) is 1. The van der Waals surface area contributed by atoms with Crippen molar-refractivity contribution in [1.82, 2.24) is 9.36 Å². The fourth-order valence-corrected chi connectivity index (χ4v) is 2.92. The zero-order chi connectivity index (χ0) is 12.0. The van der Waals surface area contributed by atoms with E-state index in [2.05, 4.69) is 9.36 Å². The summed E-state index contributed by atoms with van der Waals surface area (Å²) in [6.07, 6.45) is 2.99. The van der Waals surface area contributed by atoms with Crippen LogP contribution in [0.25, 0.3) is 0 Å². The molecular weight excluding hydrogens is 242 g/mol. The standard InChI is InChI=1S/C10H19N3OS2/c1-8-12-9(16-13-8)15-6-4-3-5-10(2,11)7-14/h14H,3-7,11H2,1-2H3. The van der Waals surface area contributed by atoms with Gasteiger partial charge >= 0.3 is 0 Å². The Kier molecular flexibility index (Phi) is 5.68. The second-order valence-corrected chi connectivity index (χ2v) is 6.32. The second kappa shape index (κ2) is 6.54. The van der Waals surface area contributed by atoms with Gasteiger partial charge in [0.1, 0.15) is 5.82 Å². The molecule has 16 heavy (non-hydrogen) atoms. The molecule has 6 heteroatoms. The Morgan fingerprint density at radius 2 is 2.25 bits per heavy atom. The van der Waals surface area contributed by atoms with E-state index in [4.69, 9.17) is 10.8 Å². The van der Waals surface area contributed by atoms with Crippen LogP contribution >= 0.6 is 23.3 Å². The average Bonchev–Trinajstić information content (AvgIpc) is 2.64. The molecule has 0 spiro atoms. The van der Waals surface area contributed by atoms with Gasteiger partial charge in [-0.3, -0.25) is 0 Å². The quantitative estimate of drug-likeness (QED) is 0.578. The van der Waals surface area contributed by atoms with Crippen molar-refractivity contribution in [2.45, 2.75) is 43.0 Å². The van der Waals surface area contributed by atoms with Crippen LogP contribution in [0.1, 0.15) is 32.0 Å². The predicted molar refractivity (Wildman–Crippen MR) is 68.9 cm³/mol. The van der Waals surface area contributed by atoms with Gasteiger partial charge in [0, 0.05) is 11.3 Å². The zero-order valence-electron chi connectivity index (χ0n) is 9.77. The summed E-state index contributed by atoms with van der Waals surface area (Å²) in [4.78, 5) is 4.28. The first-order valence-electron chi connectivity index (χ1n) is 5.36. The minimum atomic E-state index is -0.427. The lowest BCUT2D eigenvalue weighted by atomic mass is 9.98. The topological polar surface area (TPSA) is 72.0 Å². The van der Waals surface area contributed by atoms with E-state index in [-0.39, 0.29) is 6.61 Å². The number of aliphatic hydroxyl groups is 1. The molecule has 1 rings (SSSR count). The number of aryl methyl sites for hydroxylation is 1. The van der Waals surface area contributed by atoms with Gasteiger partial charge in [-0.15, -0.1) is 0 Å². The molecule has 0 radical (unpaired) electrons. The first-order chi connectivity index (χ1) is 7.53. The van der Waals surface area contributed by atoms with Gasteiger partial charge in [-0.2, -0.15) is 4.37 Å². The SMILES string of the molecule is Cc1nsc(SCCCCC(C)(N)CO)n1. The molecular formula is C10H19N3OS2. The van der Waals surface area contributed by atoms with Crippen molar-refractivity contribution in [2.75, 3.05) is 12.4 Å². The maximum absolute atomic E-state index is 8.98. The third-order valence-electron chi connectivity index (χ3n) is 2.24. The van der Waals surface area contributed by atoms with Crippen molar-refractivity contribution >= 4 is 23.3 Å². The minimum Gasteiger partial charge on any atom is -0.394 e. The summed E-state index contributed by atoms with van der Waals surface area (Å²) >= 11 is 3.20. The van der Waals surface area contributed by atoms with Crippen LogP contribution in [-0.2, 0) is 0 Å². The Bertz CT molecular complexity index is 315. The van der Waals surface area contributed by atoms with E-state index >= 15 is 0 Å². The summed E-state index contributed by atoms with van der Waals surface area (Å²) in [5.74, 6) is 1.89. The molecule has 0 saturated carbocycles. The lowest BCUT2D eigenvalue weighted by Crippen LogP contribution is -2.39. The van der Waals surface area contributed by atoms with Gasteiger partial charge in [-0.1, -0.05) is 18.2 Å². The van der Waals surface area contributed by atoms with Crippen molar-refractivity contribution < 1.29 is 5.11 Å². The summed E-state index contributed by atoms with van der Waals surface area (Å²) in [5, 5.41) is 8.98. The van der Waals surface area contributed by atoms with Crippen molar-refractivity contribution in [3.05, 3.63) is 5.82 Å². The molecule has 1 atom stereocenters. The Morgan fingerprint density at radius 1 is 1.50 bits per heavy atom. The van der Waals surface area contributed by atoms with Crippen molar-refractivity contribution in [3.63, 3.8) is 0 Å². The van der Waals surface area contributed by atoms with Gasteiger partial charge in [0.05, 0.1) is 6.61 Å². The number of nitrogens with two attached hydrogens (primary N) is 1. The highest BCUT2D eigenvalue weighted by molar-refractivity contribution is 8.00. The highest BCUT2D eigenvalue weighted by Crippen LogP contribution is 2.22. The van der Waals surface area contributed by atoms with Crippen LogP contribution in [0.15, 0.2) is 4.34 Å². The first kappa shape index (κ1) is 13.9. The van der Waals surface area contributed by atoms with E-state index in [9.17, 15) is 0 Å². The minimum absolute atomic E-state index is 0.0513.